The molecule has 0 spiro atoms. The van der Waals surface area contributed by atoms with Gasteiger partial charge in [0.25, 0.3) is 0 Å². The van der Waals surface area contributed by atoms with Crippen molar-refractivity contribution < 1.29 is 49.8 Å². The van der Waals surface area contributed by atoms with Gasteiger partial charge in [-0.15, -0.1) is 0 Å². The first-order chi connectivity index (χ1) is 0. The van der Waals surface area contributed by atoms with E-state index in [2.05, 4.69) is 0 Å². The molecule has 0 aromatic heterocycles. The van der Waals surface area contributed by atoms with Gasteiger partial charge in [0.05, 0.1) is 0 Å². The normalized spacial score (nSPS) is 0. The summed E-state index contributed by atoms with van der Waals surface area (Å²) in [6, 6.07) is 0. The number of rotatable bonds is 0. The van der Waals surface area contributed by atoms with Gasteiger partial charge in [0, 0.05) is 0 Å². The molecule has 0 aliphatic heterocycles. The van der Waals surface area contributed by atoms with Gasteiger partial charge in [0.15, 0.2) is 0 Å². The van der Waals surface area contributed by atoms with Crippen LogP contribution in [0.15, 0.2) is 0 Å². The average molecular weight is 258 g/mol. The van der Waals surface area contributed by atoms with E-state index in [0.717, 1.165) is 0 Å². The number of hydrogen-bond donors (Lipinski definition) is 4. The molecule has 0 bridgehead atoms. The van der Waals surface area contributed by atoms with Gasteiger partial charge in [-0.2, -0.15) is 0 Å². The van der Waals surface area contributed by atoms with Crippen molar-refractivity contribution in [1.29, 1.82) is 0 Å². The van der Waals surface area contributed by atoms with Gasteiger partial charge in [0.2, 0.25) is 0 Å². The van der Waals surface area contributed by atoms with Gasteiger partial charge in [-0.05, 0) is 0 Å². The molecule has 0 aromatic rings. The minimum atomic E-state index is 0. The molecule has 8 heteroatoms. The molecule has 0 saturated heterocycles. The molecule has 0 amide bonds. The molecule has 0 aromatic carbocycles. The fourth-order valence-corrected chi connectivity index (χ4v) is 0. The molecule has 0 radical (unpaired) electrons. The molecule has 0 unspecified atom stereocenters. The summed E-state index contributed by atoms with van der Waals surface area (Å²) in [5.74, 6) is 0. The van der Waals surface area contributed by atoms with Crippen LogP contribution >= 0.6 is 0 Å². The SMILES string of the molecule is N.N.N.N.O.[Cl-].[Cl-].[Ru+2]. The van der Waals surface area contributed by atoms with Crippen LogP contribution in [0, 0.1) is 0 Å². The molecule has 14 N–H and O–H groups in total. The Kier molecular flexibility index (Phi) is 27900. The Morgan fingerprint density at radius 2 is 0.500 bits per heavy atom. The Morgan fingerprint density at radius 3 is 0.500 bits per heavy atom. The van der Waals surface area contributed by atoms with E-state index in [4.69, 9.17) is 0 Å². The topological polar surface area (TPSA) is 172 Å². The zero-order chi connectivity index (χ0) is 0. The first-order valence-electron chi connectivity index (χ1n) is 0. The van der Waals surface area contributed by atoms with Gasteiger partial charge in [-0.1, -0.05) is 0 Å². The third-order valence-electron chi connectivity index (χ3n) is 0. The maximum atomic E-state index is 0. The number of hydrogen-bond acceptors (Lipinski definition) is 4. The van der Waals surface area contributed by atoms with Gasteiger partial charge in [-0.25, -0.2) is 0 Å². The predicted molar refractivity (Wildman–Crippen MR) is 23.7 cm³/mol. The van der Waals surface area contributed by atoms with Gasteiger partial charge in [-0.3, -0.25) is 0 Å². The van der Waals surface area contributed by atoms with Crippen LogP contribution in [0.25, 0.3) is 0 Å². The van der Waals surface area contributed by atoms with Gasteiger partial charge in [0.1, 0.15) is 0 Å². The van der Waals surface area contributed by atoms with E-state index in [1.165, 1.54) is 0 Å². The summed E-state index contributed by atoms with van der Waals surface area (Å²) in [6.45, 7) is 0. The van der Waals surface area contributed by atoms with Crippen LogP contribution in [-0.4, -0.2) is 5.48 Å². The fourth-order valence-electron chi connectivity index (χ4n) is 0. The Bertz CT molecular complexity index is 14.0. The van der Waals surface area contributed by atoms with Gasteiger partial charge < -0.3 is 54.9 Å². The summed E-state index contributed by atoms with van der Waals surface area (Å²) < 4.78 is 0. The Labute approximate surface area is 74.6 Å². The van der Waals surface area contributed by atoms with Crippen LogP contribution < -0.4 is 49.4 Å². The second kappa shape index (κ2) is 390. The first kappa shape index (κ1) is 573. The summed E-state index contributed by atoms with van der Waals surface area (Å²) in [7, 11) is 0. The quantitative estimate of drug-likeness (QED) is 0.317. The maximum absolute atomic E-state index is 0. The summed E-state index contributed by atoms with van der Waals surface area (Å²) >= 11 is 0. The monoisotopic (exact) mass is 258 g/mol. The molecule has 0 aliphatic rings. The Hall–Kier alpha value is 1.00. The minimum absolute atomic E-state index is 0. The molecule has 62 valence electrons. The second-order valence-corrected chi connectivity index (χ2v) is 0. The summed E-state index contributed by atoms with van der Waals surface area (Å²) in [4.78, 5) is 0. The zero-order valence-corrected chi connectivity index (χ0v) is 7.69. The fraction of sp³-hybridized carbons (Fsp3) is 0. The van der Waals surface area contributed by atoms with Crippen LogP contribution in [0.5, 0.6) is 0 Å². The van der Waals surface area contributed by atoms with Crippen molar-refractivity contribution in [3.8, 4) is 0 Å². The van der Waals surface area contributed by atoms with Crippen LogP contribution in [0.1, 0.15) is 0 Å². The summed E-state index contributed by atoms with van der Waals surface area (Å²) in [6.07, 6.45) is 0. The minimum Gasteiger partial charge on any atom is -1.00 e. The van der Waals surface area contributed by atoms with E-state index in [9.17, 15) is 0 Å². The molecule has 0 aliphatic carbocycles. The van der Waals surface area contributed by atoms with E-state index in [1.54, 1.807) is 0 Å². The van der Waals surface area contributed by atoms with Crippen molar-refractivity contribution in [3.63, 3.8) is 0 Å². The molecular weight excluding hydrogens is 244 g/mol. The van der Waals surface area contributed by atoms with Crippen molar-refractivity contribution >= 4 is 0 Å². The van der Waals surface area contributed by atoms with Crippen molar-refractivity contribution in [3.05, 3.63) is 0 Å². The van der Waals surface area contributed by atoms with Crippen LogP contribution in [0.4, 0.5) is 0 Å². The van der Waals surface area contributed by atoms with Crippen LogP contribution in [0.3, 0.4) is 0 Å². The molecule has 0 rings (SSSR count). The Balaban J connectivity index is 0. The largest absolute Gasteiger partial charge is 2.00 e. The smallest absolute Gasteiger partial charge is 1.00 e. The van der Waals surface area contributed by atoms with Crippen molar-refractivity contribution in [2.75, 3.05) is 0 Å². The van der Waals surface area contributed by atoms with Crippen LogP contribution in [0.2, 0.25) is 0 Å². The van der Waals surface area contributed by atoms with Gasteiger partial charge >= 0.3 is 19.5 Å². The van der Waals surface area contributed by atoms with E-state index < -0.39 is 0 Å². The first-order valence-corrected chi connectivity index (χ1v) is 0. The molecule has 0 atom stereocenters. The molecule has 0 saturated carbocycles. The van der Waals surface area contributed by atoms with Crippen molar-refractivity contribution in [2.24, 2.45) is 0 Å². The Morgan fingerprint density at radius 1 is 0.500 bits per heavy atom. The van der Waals surface area contributed by atoms with E-state index in [1.807, 2.05) is 0 Å². The summed E-state index contributed by atoms with van der Waals surface area (Å²) in [5.41, 5.74) is 0. The average Bonchev–Trinajstić information content (AvgIpc) is 0. The van der Waals surface area contributed by atoms with E-state index in [0.29, 0.717) is 0 Å². The molecule has 0 fully saturated rings. The molecular formula is H14Cl2N4ORu. The second-order valence-electron chi connectivity index (χ2n) is 0. The summed E-state index contributed by atoms with van der Waals surface area (Å²) in [5, 5.41) is 0. The van der Waals surface area contributed by atoms with Crippen molar-refractivity contribution in [2.45, 2.75) is 0 Å². The van der Waals surface area contributed by atoms with E-state index in [-0.39, 0.29) is 74.4 Å². The third-order valence-corrected chi connectivity index (χ3v) is 0. The molecule has 8 heavy (non-hydrogen) atoms. The van der Waals surface area contributed by atoms with Crippen LogP contribution in [-0.2, 0) is 19.5 Å². The maximum Gasteiger partial charge on any atom is 2.00 e. The molecule has 5 nitrogen and oxygen atoms in total. The number of halogens is 2. The van der Waals surface area contributed by atoms with Crippen molar-refractivity contribution in [1.82, 2.24) is 24.6 Å². The third kappa shape index (κ3) is 251. The predicted octanol–water partition coefficient (Wildman–Crippen LogP) is -6.17. The molecule has 0 heterocycles. The zero-order valence-electron chi connectivity index (χ0n) is 4.44. The van der Waals surface area contributed by atoms with E-state index >= 15 is 0 Å². The standard InChI is InChI=1S/2ClH.4H3N.H2O.Ru/h2*1H;4*1H3;1H2;/q;;;;;;;+2/p-2.